The molecule has 0 aliphatic heterocycles. The van der Waals surface area contributed by atoms with Crippen LogP contribution in [0.4, 0.5) is 0 Å². The summed E-state index contributed by atoms with van der Waals surface area (Å²) in [7, 11) is 0. The minimum absolute atomic E-state index is 0.00870. The first-order chi connectivity index (χ1) is 9.56. The number of rotatable bonds is 4. The first-order valence-electron chi connectivity index (χ1n) is 7.03. The van der Waals surface area contributed by atoms with Gasteiger partial charge in [0.1, 0.15) is 5.75 Å². The molecule has 0 bridgehead atoms. The molecular formula is C18H20O2. The number of benzene rings is 2. The summed E-state index contributed by atoms with van der Waals surface area (Å²) in [6.07, 6.45) is 1.43. The van der Waals surface area contributed by atoms with E-state index in [1.165, 1.54) is 0 Å². The fourth-order valence-electron chi connectivity index (χ4n) is 2.30. The molecule has 20 heavy (non-hydrogen) atoms. The molecule has 0 unspecified atom stereocenters. The number of hydrogen-bond acceptors (Lipinski definition) is 2. The molecule has 2 rings (SSSR count). The van der Waals surface area contributed by atoms with Gasteiger partial charge in [0.15, 0.2) is 5.78 Å². The average molecular weight is 268 g/mol. The Kier molecular flexibility index (Phi) is 4.23. The highest BCUT2D eigenvalue weighted by Gasteiger charge is 2.14. The molecule has 2 aromatic carbocycles. The van der Waals surface area contributed by atoms with Crippen LogP contribution in [0, 0.1) is 6.92 Å². The van der Waals surface area contributed by atoms with Gasteiger partial charge in [-0.25, -0.2) is 0 Å². The van der Waals surface area contributed by atoms with Crippen molar-refractivity contribution in [2.24, 2.45) is 0 Å². The fraction of sp³-hybridized carbons (Fsp3) is 0.278. The maximum absolute atomic E-state index is 12.5. The van der Waals surface area contributed by atoms with Crippen molar-refractivity contribution in [3.8, 4) is 5.75 Å². The molecule has 0 heterocycles. The smallest absolute Gasteiger partial charge is 0.193 e. The van der Waals surface area contributed by atoms with Crippen molar-refractivity contribution in [3.05, 3.63) is 64.2 Å². The SMILES string of the molecule is CCc1cc(C(=O)c2ccc(C)cc2)cc(CC)c1O. The fourth-order valence-corrected chi connectivity index (χ4v) is 2.30. The lowest BCUT2D eigenvalue weighted by Gasteiger charge is -2.10. The van der Waals surface area contributed by atoms with E-state index in [-0.39, 0.29) is 5.78 Å². The zero-order valence-electron chi connectivity index (χ0n) is 12.2. The third-order valence-corrected chi connectivity index (χ3v) is 3.61. The van der Waals surface area contributed by atoms with Crippen LogP contribution >= 0.6 is 0 Å². The van der Waals surface area contributed by atoms with E-state index < -0.39 is 0 Å². The van der Waals surface area contributed by atoms with Gasteiger partial charge < -0.3 is 5.11 Å². The van der Waals surface area contributed by atoms with Crippen LogP contribution in [-0.4, -0.2) is 10.9 Å². The van der Waals surface area contributed by atoms with Crippen LogP contribution in [0.1, 0.15) is 46.5 Å². The van der Waals surface area contributed by atoms with E-state index in [9.17, 15) is 9.90 Å². The highest BCUT2D eigenvalue weighted by Crippen LogP contribution is 2.27. The van der Waals surface area contributed by atoms with Crippen LogP contribution in [0.2, 0.25) is 0 Å². The molecule has 0 aromatic heterocycles. The van der Waals surface area contributed by atoms with E-state index in [1.54, 1.807) is 12.1 Å². The molecule has 2 aromatic rings. The Balaban J connectivity index is 2.46. The van der Waals surface area contributed by atoms with Crippen LogP contribution in [0.25, 0.3) is 0 Å². The molecule has 0 aliphatic carbocycles. The van der Waals surface area contributed by atoms with E-state index >= 15 is 0 Å². The van der Waals surface area contributed by atoms with Gasteiger partial charge in [0, 0.05) is 11.1 Å². The number of phenolic OH excluding ortho intramolecular Hbond substituents is 1. The van der Waals surface area contributed by atoms with Crippen molar-refractivity contribution in [1.29, 1.82) is 0 Å². The highest BCUT2D eigenvalue weighted by molar-refractivity contribution is 6.09. The Morgan fingerprint density at radius 3 is 1.90 bits per heavy atom. The van der Waals surface area contributed by atoms with Crippen molar-refractivity contribution < 1.29 is 9.90 Å². The molecule has 2 nitrogen and oxygen atoms in total. The van der Waals surface area contributed by atoms with E-state index in [0.717, 1.165) is 16.7 Å². The third kappa shape index (κ3) is 2.74. The van der Waals surface area contributed by atoms with Gasteiger partial charge in [0.2, 0.25) is 0 Å². The normalized spacial score (nSPS) is 10.6. The van der Waals surface area contributed by atoms with E-state index in [1.807, 2.05) is 45.0 Å². The predicted octanol–water partition coefficient (Wildman–Crippen LogP) is 4.06. The van der Waals surface area contributed by atoms with E-state index in [2.05, 4.69) is 0 Å². The van der Waals surface area contributed by atoms with Crippen LogP contribution in [0.3, 0.4) is 0 Å². The summed E-state index contributed by atoms with van der Waals surface area (Å²) in [6.45, 7) is 5.96. The molecule has 0 saturated carbocycles. The molecule has 2 heteroatoms. The molecule has 0 spiro atoms. The lowest BCUT2D eigenvalue weighted by Crippen LogP contribution is -2.04. The van der Waals surface area contributed by atoms with Crippen molar-refractivity contribution in [3.63, 3.8) is 0 Å². The van der Waals surface area contributed by atoms with Crippen molar-refractivity contribution in [1.82, 2.24) is 0 Å². The summed E-state index contributed by atoms with van der Waals surface area (Å²) >= 11 is 0. The third-order valence-electron chi connectivity index (χ3n) is 3.61. The number of hydrogen-bond donors (Lipinski definition) is 1. The summed E-state index contributed by atoms with van der Waals surface area (Å²) in [5, 5.41) is 10.1. The summed E-state index contributed by atoms with van der Waals surface area (Å²) in [4.78, 5) is 12.5. The minimum Gasteiger partial charge on any atom is -0.507 e. The summed E-state index contributed by atoms with van der Waals surface area (Å²) in [5.74, 6) is 0.338. The minimum atomic E-state index is 0.00870. The molecule has 0 saturated heterocycles. The number of phenols is 1. The first-order valence-corrected chi connectivity index (χ1v) is 7.03. The number of carbonyl (C=O) groups excluding carboxylic acids is 1. The molecule has 0 atom stereocenters. The average Bonchev–Trinajstić information content (AvgIpc) is 2.47. The van der Waals surface area contributed by atoms with E-state index in [0.29, 0.717) is 29.7 Å². The van der Waals surface area contributed by atoms with Gasteiger partial charge in [-0.1, -0.05) is 43.7 Å². The zero-order chi connectivity index (χ0) is 14.7. The van der Waals surface area contributed by atoms with Gasteiger partial charge in [0.05, 0.1) is 0 Å². The summed E-state index contributed by atoms with van der Waals surface area (Å²) in [6, 6.07) is 11.2. The Hall–Kier alpha value is -2.09. The van der Waals surface area contributed by atoms with Crippen LogP contribution in [0.15, 0.2) is 36.4 Å². The van der Waals surface area contributed by atoms with Gasteiger partial charge in [-0.3, -0.25) is 4.79 Å². The van der Waals surface area contributed by atoms with Gasteiger partial charge >= 0.3 is 0 Å². The van der Waals surface area contributed by atoms with Gasteiger partial charge in [-0.05, 0) is 43.0 Å². The van der Waals surface area contributed by atoms with Crippen LogP contribution < -0.4 is 0 Å². The van der Waals surface area contributed by atoms with Gasteiger partial charge in [0.25, 0.3) is 0 Å². The number of aryl methyl sites for hydroxylation is 3. The molecule has 1 N–H and O–H groups in total. The predicted molar refractivity (Wildman–Crippen MR) is 81.5 cm³/mol. The highest BCUT2D eigenvalue weighted by atomic mass is 16.3. The van der Waals surface area contributed by atoms with E-state index in [4.69, 9.17) is 0 Å². The molecular weight excluding hydrogens is 248 g/mol. The monoisotopic (exact) mass is 268 g/mol. The Bertz CT molecular complexity index is 599. The number of aromatic hydroxyl groups is 1. The Morgan fingerprint density at radius 2 is 1.45 bits per heavy atom. The summed E-state index contributed by atoms with van der Waals surface area (Å²) < 4.78 is 0. The Labute approximate surface area is 120 Å². The first kappa shape index (κ1) is 14.3. The van der Waals surface area contributed by atoms with Gasteiger partial charge in [-0.15, -0.1) is 0 Å². The maximum Gasteiger partial charge on any atom is 0.193 e. The second-order valence-electron chi connectivity index (χ2n) is 5.05. The molecule has 104 valence electrons. The second-order valence-corrected chi connectivity index (χ2v) is 5.05. The lowest BCUT2D eigenvalue weighted by molar-refractivity contribution is 0.103. The number of ketones is 1. The second kappa shape index (κ2) is 5.91. The largest absolute Gasteiger partial charge is 0.507 e. The molecule has 0 amide bonds. The van der Waals surface area contributed by atoms with Crippen molar-refractivity contribution >= 4 is 5.78 Å². The quantitative estimate of drug-likeness (QED) is 0.849. The Morgan fingerprint density at radius 1 is 0.950 bits per heavy atom. The van der Waals surface area contributed by atoms with Crippen LogP contribution in [-0.2, 0) is 12.8 Å². The molecule has 0 radical (unpaired) electrons. The molecule has 0 aliphatic rings. The standard InChI is InChI=1S/C18H20O2/c1-4-13-10-16(11-14(5-2)17(13)19)18(20)15-8-6-12(3)7-9-15/h6-11,19H,4-5H2,1-3H3. The molecule has 0 fully saturated rings. The van der Waals surface area contributed by atoms with Crippen molar-refractivity contribution in [2.75, 3.05) is 0 Å². The topological polar surface area (TPSA) is 37.3 Å². The van der Waals surface area contributed by atoms with Gasteiger partial charge in [-0.2, -0.15) is 0 Å². The maximum atomic E-state index is 12.5. The zero-order valence-corrected chi connectivity index (χ0v) is 12.2. The number of carbonyl (C=O) groups is 1. The van der Waals surface area contributed by atoms with Crippen LogP contribution in [0.5, 0.6) is 5.75 Å². The summed E-state index contributed by atoms with van der Waals surface area (Å²) in [5.41, 5.74) is 4.14. The van der Waals surface area contributed by atoms with Crippen molar-refractivity contribution in [2.45, 2.75) is 33.6 Å². The lowest BCUT2D eigenvalue weighted by atomic mass is 9.95.